The second-order valence-corrected chi connectivity index (χ2v) is 7.28. The highest BCUT2D eigenvalue weighted by Crippen LogP contribution is 2.23. The van der Waals surface area contributed by atoms with Gasteiger partial charge in [0.1, 0.15) is 11.5 Å². The maximum atomic E-state index is 12.3. The number of ether oxygens (including phenoxy) is 3. The molecule has 0 heterocycles. The van der Waals surface area contributed by atoms with Crippen molar-refractivity contribution in [2.45, 2.75) is 24.7 Å². The quantitative estimate of drug-likeness (QED) is 0.178. The molecule has 0 aromatic heterocycles. The summed E-state index contributed by atoms with van der Waals surface area (Å²) in [6.07, 6.45) is 2.54. The Hall–Kier alpha value is -3.26. The van der Waals surface area contributed by atoms with Crippen LogP contribution in [-0.2, 0) is 9.53 Å². The fourth-order valence-electron chi connectivity index (χ4n) is 2.34. The van der Waals surface area contributed by atoms with Gasteiger partial charge < -0.3 is 19.5 Å². The number of amides is 1. The van der Waals surface area contributed by atoms with Gasteiger partial charge in [0.25, 0.3) is 5.24 Å². The Balaban J connectivity index is 1.75. The largest absolute Gasteiger partial charge is 0.494 e. The molecule has 2 rings (SSSR count). The van der Waals surface area contributed by atoms with Crippen molar-refractivity contribution in [1.82, 2.24) is 5.32 Å². The van der Waals surface area contributed by atoms with Gasteiger partial charge in [-0.05, 0) is 80.1 Å². The lowest BCUT2D eigenvalue weighted by Crippen LogP contribution is -2.17. The Labute approximate surface area is 185 Å². The number of hydrogen-bond donors (Lipinski definition) is 1. The van der Waals surface area contributed by atoms with Gasteiger partial charge in [0.2, 0.25) is 0 Å². The van der Waals surface area contributed by atoms with Crippen molar-refractivity contribution in [2.24, 2.45) is 0 Å². The first-order valence-electron chi connectivity index (χ1n) is 9.81. The minimum absolute atomic E-state index is 0.134. The number of nitrogens with one attached hydrogen (secondary N) is 1. The maximum absolute atomic E-state index is 12.3. The molecule has 1 amide bonds. The molecule has 2 aromatic carbocycles. The summed E-state index contributed by atoms with van der Waals surface area (Å²) >= 11 is 1.08. The molecule has 0 spiro atoms. The number of rotatable bonds is 11. The summed E-state index contributed by atoms with van der Waals surface area (Å²) in [5, 5.41) is 2.57. The average molecular weight is 444 g/mol. The first kappa shape index (κ1) is 24.0. The van der Waals surface area contributed by atoms with Gasteiger partial charge >= 0.3 is 11.9 Å². The highest BCUT2D eigenvalue weighted by molar-refractivity contribution is 8.13. The maximum Gasteiger partial charge on any atom is 0.343 e. The molecule has 1 N–H and O–H groups in total. The third kappa shape index (κ3) is 8.96. The van der Waals surface area contributed by atoms with Crippen LogP contribution in [0.25, 0.3) is 0 Å². The van der Waals surface area contributed by atoms with Gasteiger partial charge in [-0.3, -0.25) is 4.79 Å². The van der Waals surface area contributed by atoms with Crippen molar-refractivity contribution < 1.29 is 28.6 Å². The van der Waals surface area contributed by atoms with E-state index in [1.807, 2.05) is 6.92 Å². The zero-order valence-electron chi connectivity index (χ0n) is 17.3. The van der Waals surface area contributed by atoms with Gasteiger partial charge in [0.15, 0.2) is 0 Å². The molecular formula is C23H25NO6S. The van der Waals surface area contributed by atoms with E-state index in [0.29, 0.717) is 43.2 Å². The van der Waals surface area contributed by atoms with Crippen molar-refractivity contribution in [2.75, 3.05) is 19.8 Å². The molecule has 8 heteroatoms. The molecule has 0 fully saturated rings. The van der Waals surface area contributed by atoms with E-state index in [2.05, 4.69) is 11.9 Å². The molecular weight excluding hydrogens is 418 g/mol. The Morgan fingerprint density at radius 1 is 0.968 bits per heavy atom. The zero-order valence-corrected chi connectivity index (χ0v) is 18.1. The molecule has 0 unspecified atom stereocenters. The predicted octanol–water partition coefficient (Wildman–Crippen LogP) is 4.62. The molecule has 2 aromatic rings. The van der Waals surface area contributed by atoms with E-state index in [9.17, 15) is 14.4 Å². The summed E-state index contributed by atoms with van der Waals surface area (Å²) in [7, 11) is 0. The van der Waals surface area contributed by atoms with Crippen LogP contribution in [0, 0.1) is 0 Å². The Bertz CT molecular complexity index is 880. The Kier molecular flexibility index (Phi) is 10.2. The zero-order chi connectivity index (χ0) is 22.5. The number of unbranched alkanes of at least 4 members (excludes halogenated alkanes) is 1. The number of thioether (sulfide) groups is 1. The lowest BCUT2D eigenvalue weighted by atomic mass is 10.2. The third-order valence-electron chi connectivity index (χ3n) is 3.87. The van der Waals surface area contributed by atoms with Crippen LogP contribution in [0.2, 0.25) is 0 Å². The van der Waals surface area contributed by atoms with Crippen LogP contribution in [0.5, 0.6) is 11.5 Å². The molecule has 7 nitrogen and oxygen atoms in total. The molecule has 0 saturated carbocycles. The highest BCUT2D eigenvalue weighted by Gasteiger charge is 2.10. The summed E-state index contributed by atoms with van der Waals surface area (Å²) < 4.78 is 15.9. The van der Waals surface area contributed by atoms with E-state index in [4.69, 9.17) is 14.2 Å². The summed E-state index contributed by atoms with van der Waals surface area (Å²) in [5.41, 5.74) is 0.393. The van der Waals surface area contributed by atoms with E-state index >= 15 is 0 Å². The summed E-state index contributed by atoms with van der Waals surface area (Å²) in [4.78, 5) is 35.5. The van der Waals surface area contributed by atoms with Crippen molar-refractivity contribution >= 4 is 28.9 Å². The average Bonchev–Trinajstić information content (AvgIpc) is 2.77. The van der Waals surface area contributed by atoms with Crippen LogP contribution < -0.4 is 14.8 Å². The fourth-order valence-corrected chi connectivity index (χ4v) is 3.04. The van der Waals surface area contributed by atoms with Gasteiger partial charge in [0.05, 0.1) is 18.8 Å². The summed E-state index contributed by atoms with van der Waals surface area (Å²) in [6.45, 7) is 6.54. The normalized spacial score (nSPS) is 10.1. The molecule has 0 aliphatic carbocycles. The molecule has 0 atom stereocenters. The van der Waals surface area contributed by atoms with Crippen molar-refractivity contribution in [3.63, 3.8) is 0 Å². The van der Waals surface area contributed by atoms with E-state index in [-0.39, 0.29) is 5.24 Å². The Morgan fingerprint density at radius 2 is 1.61 bits per heavy atom. The van der Waals surface area contributed by atoms with E-state index in [0.717, 1.165) is 29.2 Å². The van der Waals surface area contributed by atoms with Crippen LogP contribution in [0.4, 0.5) is 4.79 Å². The lowest BCUT2D eigenvalue weighted by molar-refractivity contribution is -0.137. The van der Waals surface area contributed by atoms with Gasteiger partial charge in [-0.2, -0.15) is 0 Å². The van der Waals surface area contributed by atoms with Crippen LogP contribution in [-0.4, -0.2) is 36.9 Å². The van der Waals surface area contributed by atoms with Gasteiger partial charge in [0, 0.05) is 17.5 Å². The van der Waals surface area contributed by atoms with Crippen molar-refractivity contribution in [1.29, 1.82) is 0 Å². The van der Waals surface area contributed by atoms with E-state index in [1.54, 1.807) is 48.5 Å². The van der Waals surface area contributed by atoms with E-state index in [1.165, 1.54) is 0 Å². The molecule has 0 radical (unpaired) electrons. The molecule has 0 aliphatic rings. The minimum Gasteiger partial charge on any atom is -0.494 e. The van der Waals surface area contributed by atoms with Crippen LogP contribution in [0.15, 0.2) is 66.1 Å². The third-order valence-corrected chi connectivity index (χ3v) is 4.71. The smallest absolute Gasteiger partial charge is 0.343 e. The number of carbonyl (C=O) groups is 3. The first-order chi connectivity index (χ1) is 15.0. The van der Waals surface area contributed by atoms with E-state index < -0.39 is 11.9 Å². The van der Waals surface area contributed by atoms with Gasteiger partial charge in [-0.1, -0.05) is 6.58 Å². The lowest BCUT2D eigenvalue weighted by Gasteiger charge is -2.08. The predicted molar refractivity (Wildman–Crippen MR) is 119 cm³/mol. The highest BCUT2D eigenvalue weighted by atomic mass is 32.2. The monoisotopic (exact) mass is 443 g/mol. The molecule has 0 saturated heterocycles. The topological polar surface area (TPSA) is 90.9 Å². The van der Waals surface area contributed by atoms with Crippen molar-refractivity contribution in [3.05, 3.63) is 66.7 Å². The van der Waals surface area contributed by atoms with Crippen molar-refractivity contribution in [3.8, 4) is 11.5 Å². The summed E-state index contributed by atoms with van der Waals surface area (Å²) in [5.74, 6) is 0.103. The standard InChI is InChI=1S/C23H25NO6S/c1-3-21(25)29-16-6-5-15-28-18-9-7-17(8-10-18)22(26)30-19-11-13-20(14-12-19)31-23(27)24-4-2/h3,7-14H,1,4-6,15-16H2,2H3,(H,24,27). The molecule has 0 aliphatic heterocycles. The molecule has 0 bridgehead atoms. The van der Waals surface area contributed by atoms with Crippen LogP contribution in [0.3, 0.4) is 0 Å². The minimum atomic E-state index is -0.486. The Morgan fingerprint density at radius 3 is 2.26 bits per heavy atom. The van der Waals surface area contributed by atoms with Crippen LogP contribution >= 0.6 is 11.8 Å². The fraction of sp³-hybridized carbons (Fsp3) is 0.261. The molecule has 164 valence electrons. The SMILES string of the molecule is C=CC(=O)OCCCCOc1ccc(C(=O)Oc2ccc(SC(=O)NCC)cc2)cc1. The number of esters is 2. The second kappa shape index (κ2) is 13.1. The number of carbonyl (C=O) groups excluding carboxylic acids is 3. The number of benzene rings is 2. The summed E-state index contributed by atoms with van der Waals surface area (Å²) in [6, 6.07) is 13.4. The van der Waals surface area contributed by atoms with Gasteiger partial charge in [-0.15, -0.1) is 0 Å². The molecule has 31 heavy (non-hydrogen) atoms. The van der Waals surface area contributed by atoms with Gasteiger partial charge in [-0.25, -0.2) is 9.59 Å². The van der Waals surface area contributed by atoms with Crippen LogP contribution in [0.1, 0.15) is 30.1 Å². The second-order valence-electron chi connectivity index (χ2n) is 6.23. The number of hydrogen-bond acceptors (Lipinski definition) is 7. The first-order valence-corrected chi connectivity index (χ1v) is 10.6.